The molecular weight excluding hydrogens is 374 g/mol. The summed E-state index contributed by atoms with van der Waals surface area (Å²) in [6, 6.07) is 4.86. The molecule has 0 radical (unpaired) electrons. The predicted molar refractivity (Wildman–Crippen MR) is 109 cm³/mol. The molecular formula is C21H25N3O5. The Morgan fingerprint density at radius 3 is 2.69 bits per heavy atom. The number of nitro benzene ring substituents is 1. The van der Waals surface area contributed by atoms with E-state index in [1.54, 1.807) is 45.0 Å². The summed E-state index contributed by atoms with van der Waals surface area (Å²) in [4.78, 5) is 38.5. The van der Waals surface area contributed by atoms with E-state index in [-0.39, 0.29) is 18.1 Å². The van der Waals surface area contributed by atoms with Crippen molar-refractivity contribution in [3.8, 4) is 0 Å². The molecule has 1 aromatic carbocycles. The smallest absolute Gasteiger partial charge is 0.336 e. The first-order valence-electron chi connectivity index (χ1n) is 9.63. The minimum atomic E-state index is -0.687. The van der Waals surface area contributed by atoms with E-state index in [1.165, 1.54) is 6.07 Å². The molecule has 1 atom stereocenters. The van der Waals surface area contributed by atoms with Gasteiger partial charge in [-0.05, 0) is 38.3 Å². The zero-order chi connectivity index (χ0) is 21.3. The van der Waals surface area contributed by atoms with Crippen LogP contribution in [-0.2, 0) is 14.3 Å². The van der Waals surface area contributed by atoms with Crippen molar-refractivity contribution < 1.29 is 19.2 Å². The maximum atomic E-state index is 12.8. The number of dihydropyridines is 1. The van der Waals surface area contributed by atoms with Gasteiger partial charge >= 0.3 is 5.97 Å². The van der Waals surface area contributed by atoms with Crippen molar-refractivity contribution in [2.45, 2.75) is 39.0 Å². The lowest BCUT2D eigenvalue weighted by molar-refractivity contribution is -0.384. The van der Waals surface area contributed by atoms with Crippen molar-refractivity contribution in [3.63, 3.8) is 0 Å². The number of benzene rings is 1. The number of hydrogen-bond donors (Lipinski definition) is 1. The Bertz CT molecular complexity index is 946. The molecule has 3 rings (SSSR count). The summed E-state index contributed by atoms with van der Waals surface area (Å²) >= 11 is 0. The molecule has 1 unspecified atom stereocenters. The third-order valence-electron chi connectivity index (χ3n) is 5.28. The lowest BCUT2D eigenvalue weighted by atomic mass is 9.75. The third kappa shape index (κ3) is 3.74. The Morgan fingerprint density at radius 2 is 2.07 bits per heavy atom. The van der Waals surface area contributed by atoms with E-state index >= 15 is 0 Å². The highest BCUT2D eigenvalue weighted by Gasteiger charge is 2.39. The topological polar surface area (TPSA) is 102 Å². The van der Waals surface area contributed by atoms with Crippen LogP contribution in [0.2, 0.25) is 0 Å². The number of carbonyl (C=O) groups excluding carboxylic acids is 2. The van der Waals surface area contributed by atoms with Crippen LogP contribution in [0.4, 0.5) is 11.4 Å². The number of nitrogens with one attached hydrogen (secondary N) is 1. The third-order valence-corrected chi connectivity index (χ3v) is 5.28. The molecule has 2 aliphatic rings. The van der Waals surface area contributed by atoms with Gasteiger partial charge in [0.1, 0.15) is 5.69 Å². The van der Waals surface area contributed by atoms with Gasteiger partial charge in [0.15, 0.2) is 5.78 Å². The van der Waals surface area contributed by atoms with Crippen LogP contribution in [0.3, 0.4) is 0 Å². The molecule has 0 aromatic heterocycles. The summed E-state index contributed by atoms with van der Waals surface area (Å²) in [6.07, 6.45) is 1.83. The predicted octanol–water partition coefficient (Wildman–Crippen LogP) is 3.19. The van der Waals surface area contributed by atoms with Gasteiger partial charge in [-0.3, -0.25) is 14.9 Å². The maximum Gasteiger partial charge on any atom is 0.336 e. The van der Waals surface area contributed by atoms with E-state index in [0.717, 1.165) is 12.1 Å². The number of rotatable bonds is 5. The Labute approximate surface area is 169 Å². The first-order valence-corrected chi connectivity index (χ1v) is 9.63. The monoisotopic (exact) mass is 399 g/mol. The maximum absolute atomic E-state index is 12.8. The lowest BCUT2D eigenvalue weighted by Gasteiger charge is -2.34. The molecule has 0 amide bonds. The van der Waals surface area contributed by atoms with E-state index in [2.05, 4.69) is 5.32 Å². The quantitative estimate of drug-likeness (QED) is 0.461. The Kier molecular flexibility index (Phi) is 5.72. The van der Waals surface area contributed by atoms with Gasteiger partial charge in [-0.2, -0.15) is 0 Å². The number of anilines is 1. The molecule has 1 aliphatic carbocycles. The minimum Gasteiger partial charge on any atom is -0.463 e. The molecule has 8 nitrogen and oxygen atoms in total. The van der Waals surface area contributed by atoms with Gasteiger partial charge in [0.05, 0.1) is 17.1 Å². The second kappa shape index (κ2) is 8.06. The van der Waals surface area contributed by atoms with Crippen LogP contribution in [0.15, 0.2) is 40.7 Å². The highest BCUT2D eigenvalue weighted by Crippen LogP contribution is 2.44. The van der Waals surface area contributed by atoms with Crippen molar-refractivity contribution in [2.24, 2.45) is 0 Å². The van der Waals surface area contributed by atoms with Gasteiger partial charge in [0.2, 0.25) is 0 Å². The second-order valence-electron chi connectivity index (χ2n) is 7.39. The van der Waals surface area contributed by atoms with E-state index in [4.69, 9.17) is 4.74 Å². The number of carbonyl (C=O) groups is 2. The molecule has 0 spiro atoms. The molecule has 0 saturated carbocycles. The minimum absolute atomic E-state index is 0.0441. The molecule has 0 saturated heterocycles. The Balaban J connectivity index is 2.22. The van der Waals surface area contributed by atoms with Gasteiger partial charge in [0, 0.05) is 49.5 Å². The summed E-state index contributed by atoms with van der Waals surface area (Å²) in [5, 5.41) is 14.9. The van der Waals surface area contributed by atoms with E-state index in [9.17, 15) is 19.7 Å². The number of allylic oxidation sites excluding steroid dienone is 3. The molecule has 1 N–H and O–H groups in total. The zero-order valence-electron chi connectivity index (χ0n) is 17.1. The van der Waals surface area contributed by atoms with Crippen LogP contribution in [0.1, 0.15) is 44.6 Å². The number of nitrogens with zero attached hydrogens (tertiary/aromatic N) is 2. The molecule has 154 valence electrons. The average molecular weight is 399 g/mol. The van der Waals surface area contributed by atoms with E-state index in [1.807, 2.05) is 0 Å². The van der Waals surface area contributed by atoms with Gasteiger partial charge in [-0.15, -0.1) is 0 Å². The second-order valence-corrected chi connectivity index (χ2v) is 7.39. The summed E-state index contributed by atoms with van der Waals surface area (Å²) < 4.78 is 5.25. The fourth-order valence-corrected chi connectivity index (χ4v) is 4.04. The first-order chi connectivity index (χ1) is 13.8. The molecule has 0 bridgehead atoms. The van der Waals surface area contributed by atoms with Gasteiger partial charge in [-0.25, -0.2) is 4.79 Å². The van der Waals surface area contributed by atoms with Gasteiger partial charge in [-0.1, -0.05) is 6.07 Å². The van der Waals surface area contributed by atoms with Crippen molar-refractivity contribution in [2.75, 3.05) is 25.6 Å². The van der Waals surface area contributed by atoms with Crippen molar-refractivity contribution in [1.29, 1.82) is 0 Å². The van der Waals surface area contributed by atoms with E-state index in [0.29, 0.717) is 40.9 Å². The molecule has 8 heteroatoms. The largest absolute Gasteiger partial charge is 0.463 e. The number of ether oxygens (including phenoxy) is 1. The fraction of sp³-hybridized carbons (Fsp3) is 0.429. The molecule has 1 aliphatic heterocycles. The summed E-state index contributed by atoms with van der Waals surface area (Å²) in [5.41, 5.74) is 3.16. The van der Waals surface area contributed by atoms with Crippen LogP contribution in [0, 0.1) is 10.1 Å². The van der Waals surface area contributed by atoms with Crippen LogP contribution < -0.4 is 10.2 Å². The van der Waals surface area contributed by atoms with Crippen LogP contribution in [0.25, 0.3) is 0 Å². The highest BCUT2D eigenvalue weighted by molar-refractivity contribution is 6.03. The number of hydrogen-bond acceptors (Lipinski definition) is 7. The van der Waals surface area contributed by atoms with Crippen LogP contribution >= 0.6 is 0 Å². The van der Waals surface area contributed by atoms with Crippen molar-refractivity contribution in [3.05, 3.63) is 56.4 Å². The fourth-order valence-electron chi connectivity index (χ4n) is 4.04. The standard InChI is InChI=1S/C21H25N3O5/c1-5-29-21(26)18-12(2)22-14-7-6-8-17(25)20(14)19(18)13-9-10-15(23(3)4)16(11-13)24(27)28/h9-11,19,22H,5-8H2,1-4H3. The first kappa shape index (κ1) is 20.6. The molecule has 1 aromatic rings. The summed E-state index contributed by atoms with van der Waals surface area (Å²) in [6.45, 7) is 3.68. The average Bonchev–Trinajstić information content (AvgIpc) is 2.66. The molecule has 29 heavy (non-hydrogen) atoms. The molecule has 0 fully saturated rings. The lowest BCUT2D eigenvalue weighted by Crippen LogP contribution is -2.34. The van der Waals surface area contributed by atoms with Crippen molar-refractivity contribution in [1.82, 2.24) is 5.32 Å². The normalized spacial score (nSPS) is 18.9. The summed E-state index contributed by atoms with van der Waals surface area (Å²) in [7, 11) is 3.46. The van der Waals surface area contributed by atoms with E-state index < -0.39 is 16.8 Å². The van der Waals surface area contributed by atoms with Crippen molar-refractivity contribution >= 4 is 23.1 Å². The van der Waals surface area contributed by atoms with Gasteiger partial charge in [0.25, 0.3) is 5.69 Å². The summed E-state index contributed by atoms with van der Waals surface area (Å²) in [5.74, 6) is -1.25. The molecule has 1 heterocycles. The van der Waals surface area contributed by atoms with Crippen LogP contribution in [0.5, 0.6) is 0 Å². The highest BCUT2D eigenvalue weighted by atomic mass is 16.6. The number of ketones is 1. The number of Topliss-reactive ketones (excluding diaryl/α,β-unsaturated/α-hetero) is 1. The van der Waals surface area contributed by atoms with Crippen LogP contribution in [-0.4, -0.2) is 37.4 Å². The zero-order valence-corrected chi connectivity index (χ0v) is 17.1. The number of esters is 1. The number of nitro groups is 1. The van der Waals surface area contributed by atoms with Gasteiger partial charge < -0.3 is 15.0 Å². The SMILES string of the molecule is CCOC(=O)C1=C(C)NC2=C(C(=O)CCC2)C1c1ccc(N(C)C)c([N+](=O)[O-])c1. The Hall–Kier alpha value is -3.16. The Morgan fingerprint density at radius 1 is 1.34 bits per heavy atom.